The van der Waals surface area contributed by atoms with E-state index in [1.54, 1.807) is 13.8 Å². The molecule has 0 aliphatic carbocycles. The fraction of sp³-hybridized carbons (Fsp3) is 0.533. The number of nitrogens with one attached hydrogen (secondary N) is 1. The fourth-order valence-electron chi connectivity index (χ4n) is 2.37. The monoisotopic (exact) mass is 328 g/mol. The third-order valence-corrected chi connectivity index (χ3v) is 5.38. The van der Waals surface area contributed by atoms with Crippen LogP contribution in [-0.4, -0.2) is 52.5 Å². The second kappa shape index (κ2) is 7.71. The summed E-state index contributed by atoms with van der Waals surface area (Å²) in [6, 6.07) is 3.65. The molecule has 1 rings (SSSR count). The number of hydrogen-bond acceptors (Lipinski definition) is 4. The maximum Gasteiger partial charge on any atom is 0.243 e. The van der Waals surface area contributed by atoms with E-state index in [-0.39, 0.29) is 17.3 Å². The first-order valence-corrected chi connectivity index (χ1v) is 8.44. The van der Waals surface area contributed by atoms with Crippen molar-refractivity contribution in [3.8, 4) is 0 Å². The van der Waals surface area contributed by atoms with Crippen LogP contribution in [0.2, 0.25) is 0 Å². The van der Waals surface area contributed by atoms with Gasteiger partial charge in [-0.2, -0.15) is 4.31 Å². The molecular weight excluding hydrogens is 304 g/mol. The lowest BCUT2D eigenvalue weighted by molar-refractivity contribution is -0.121. The van der Waals surface area contributed by atoms with Crippen molar-refractivity contribution in [1.82, 2.24) is 9.62 Å². The number of carbonyl (C=O) groups excluding carboxylic acids is 1. The molecule has 0 saturated carbocycles. The van der Waals surface area contributed by atoms with Gasteiger partial charge in [0.05, 0.1) is 18.0 Å². The molecular formula is C15H24N2O4S. The van der Waals surface area contributed by atoms with Gasteiger partial charge in [0.15, 0.2) is 0 Å². The van der Waals surface area contributed by atoms with Crippen molar-refractivity contribution in [2.75, 3.05) is 33.9 Å². The highest BCUT2D eigenvalue weighted by Crippen LogP contribution is 2.24. The number of carbonyl (C=O) groups is 1. The Morgan fingerprint density at radius 1 is 1.23 bits per heavy atom. The van der Waals surface area contributed by atoms with E-state index in [2.05, 4.69) is 5.32 Å². The highest BCUT2D eigenvalue weighted by Gasteiger charge is 2.26. The van der Waals surface area contributed by atoms with Crippen molar-refractivity contribution >= 4 is 15.9 Å². The van der Waals surface area contributed by atoms with Crippen molar-refractivity contribution in [3.63, 3.8) is 0 Å². The molecule has 0 atom stereocenters. The Labute approximate surface area is 132 Å². The summed E-state index contributed by atoms with van der Waals surface area (Å²) in [7, 11) is -0.761. The quantitative estimate of drug-likeness (QED) is 0.758. The smallest absolute Gasteiger partial charge is 0.243 e. The van der Waals surface area contributed by atoms with Gasteiger partial charge in [0.25, 0.3) is 0 Å². The summed E-state index contributed by atoms with van der Waals surface area (Å²) in [5.74, 6) is -0.356. The minimum atomic E-state index is -3.70. The molecule has 22 heavy (non-hydrogen) atoms. The highest BCUT2D eigenvalue weighted by atomic mass is 32.2. The standard InChI is InChI=1S/C15H24N2O4S/c1-11-8-12(2)15(13(3)9-11)22(19,20)17(4)10-14(18)16-6-7-21-5/h8-9H,6-7,10H2,1-5H3,(H,16,18). The minimum Gasteiger partial charge on any atom is -0.383 e. The zero-order valence-electron chi connectivity index (χ0n) is 13.8. The number of methoxy groups -OCH3 is 1. The third-order valence-electron chi connectivity index (χ3n) is 3.27. The maximum absolute atomic E-state index is 12.7. The number of nitrogens with zero attached hydrogens (tertiary/aromatic N) is 1. The fourth-order valence-corrected chi connectivity index (χ4v) is 3.90. The lowest BCUT2D eigenvalue weighted by Gasteiger charge is -2.20. The SMILES string of the molecule is COCCNC(=O)CN(C)S(=O)(=O)c1c(C)cc(C)cc1C. The number of likely N-dealkylation sites (N-methyl/N-ethyl adjacent to an activating group) is 1. The van der Waals surface area contributed by atoms with E-state index in [1.807, 2.05) is 19.1 Å². The first-order chi connectivity index (χ1) is 10.2. The number of ether oxygens (including phenoxy) is 1. The molecule has 0 unspecified atom stereocenters. The predicted octanol–water partition coefficient (Wildman–Crippen LogP) is 0.995. The van der Waals surface area contributed by atoms with Crippen molar-refractivity contribution in [2.45, 2.75) is 25.7 Å². The van der Waals surface area contributed by atoms with E-state index in [9.17, 15) is 13.2 Å². The number of sulfonamides is 1. The minimum absolute atomic E-state index is 0.223. The first kappa shape index (κ1) is 18.6. The molecule has 0 bridgehead atoms. The molecule has 0 spiro atoms. The molecule has 0 aliphatic rings. The average Bonchev–Trinajstić information content (AvgIpc) is 2.37. The van der Waals surface area contributed by atoms with Crippen LogP contribution in [0, 0.1) is 20.8 Å². The van der Waals surface area contributed by atoms with Gasteiger partial charge in [-0.1, -0.05) is 17.7 Å². The van der Waals surface area contributed by atoms with Gasteiger partial charge in [-0.05, 0) is 31.9 Å². The molecule has 1 aromatic rings. The normalized spacial score (nSPS) is 11.7. The Kier molecular flexibility index (Phi) is 6.52. The Bertz CT molecular complexity index is 618. The predicted molar refractivity (Wildman–Crippen MR) is 85.4 cm³/mol. The molecule has 0 aliphatic heterocycles. The Balaban J connectivity index is 2.93. The Morgan fingerprint density at radius 2 is 1.77 bits per heavy atom. The third kappa shape index (κ3) is 4.53. The maximum atomic E-state index is 12.7. The van der Waals surface area contributed by atoms with Crippen LogP contribution >= 0.6 is 0 Å². The van der Waals surface area contributed by atoms with Gasteiger partial charge in [-0.25, -0.2) is 8.42 Å². The number of aryl methyl sites for hydroxylation is 3. The van der Waals surface area contributed by atoms with E-state index in [0.29, 0.717) is 24.3 Å². The van der Waals surface area contributed by atoms with Gasteiger partial charge < -0.3 is 10.1 Å². The number of benzene rings is 1. The number of rotatable bonds is 7. The van der Waals surface area contributed by atoms with Crippen LogP contribution in [0.5, 0.6) is 0 Å². The molecule has 6 nitrogen and oxygen atoms in total. The van der Waals surface area contributed by atoms with Crippen LogP contribution in [0.4, 0.5) is 0 Å². The Morgan fingerprint density at radius 3 is 2.27 bits per heavy atom. The molecule has 7 heteroatoms. The largest absolute Gasteiger partial charge is 0.383 e. The van der Waals surface area contributed by atoms with Gasteiger partial charge in [-0.15, -0.1) is 0 Å². The number of amides is 1. The van der Waals surface area contributed by atoms with E-state index in [4.69, 9.17) is 4.74 Å². The zero-order valence-corrected chi connectivity index (χ0v) is 14.6. The molecule has 0 fully saturated rings. The van der Waals surface area contributed by atoms with E-state index in [0.717, 1.165) is 9.87 Å². The van der Waals surface area contributed by atoms with Gasteiger partial charge >= 0.3 is 0 Å². The van der Waals surface area contributed by atoms with Crippen LogP contribution in [0.15, 0.2) is 17.0 Å². The summed E-state index contributed by atoms with van der Waals surface area (Å²) in [5.41, 5.74) is 2.38. The molecule has 0 radical (unpaired) electrons. The van der Waals surface area contributed by atoms with E-state index in [1.165, 1.54) is 14.2 Å². The lowest BCUT2D eigenvalue weighted by atomic mass is 10.1. The van der Waals surface area contributed by atoms with Gasteiger partial charge in [0.2, 0.25) is 15.9 Å². The molecule has 0 heterocycles. The topological polar surface area (TPSA) is 75.7 Å². The summed E-state index contributed by atoms with van der Waals surface area (Å²) in [4.78, 5) is 12.0. The lowest BCUT2D eigenvalue weighted by Crippen LogP contribution is -2.39. The molecule has 1 N–H and O–H groups in total. The Hall–Kier alpha value is -1.44. The summed E-state index contributed by atoms with van der Waals surface area (Å²) in [6.45, 7) is 5.96. The highest BCUT2D eigenvalue weighted by molar-refractivity contribution is 7.89. The van der Waals surface area contributed by atoms with Crippen LogP contribution in [0.3, 0.4) is 0 Å². The van der Waals surface area contributed by atoms with E-state index >= 15 is 0 Å². The van der Waals surface area contributed by atoms with Crippen LogP contribution in [-0.2, 0) is 19.6 Å². The van der Waals surface area contributed by atoms with Gasteiger partial charge in [0.1, 0.15) is 0 Å². The second-order valence-corrected chi connectivity index (χ2v) is 7.31. The summed E-state index contributed by atoms with van der Waals surface area (Å²) < 4.78 is 31.2. The van der Waals surface area contributed by atoms with Crippen LogP contribution in [0.25, 0.3) is 0 Å². The molecule has 1 amide bonds. The number of hydrogen-bond donors (Lipinski definition) is 1. The van der Waals surface area contributed by atoms with Gasteiger partial charge in [0, 0.05) is 20.7 Å². The molecule has 1 aromatic carbocycles. The summed E-state index contributed by atoms with van der Waals surface area (Å²) >= 11 is 0. The van der Waals surface area contributed by atoms with Gasteiger partial charge in [-0.3, -0.25) is 4.79 Å². The van der Waals surface area contributed by atoms with Crippen molar-refractivity contribution in [3.05, 3.63) is 28.8 Å². The first-order valence-electron chi connectivity index (χ1n) is 7.00. The van der Waals surface area contributed by atoms with Crippen LogP contribution < -0.4 is 5.32 Å². The zero-order chi connectivity index (χ0) is 16.9. The summed E-state index contributed by atoms with van der Waals surface area (Å²) in [5, 5.41) is 2.61. The second-order valence-electron chi connectivity index (χ2n) is 5.33. The van der Waals surface area contributed by atoms with Crippen molar-refractivity contribution < 1.29 is 17.9 Å². The molecule has 124 valence electrons. The summed E-state index contributed by atoms with van der Waals surface area (Å²) in [6.07, 6.45) is 0. The average molecular weight is 328 g/mol. The van der Waals surface area contributed by atoms with Crippen molar-refractivity contribution in [2.24, 2.45) is 0 Å². The molecule has 0 saturated heterocycles. The molecule has 0 aromatic heterocycles. The van der Waals surface area contributed by atoms with Crippen molar-refractivity contribution in [1.29, 1.82) is 0 Å². The van der Waals surface area contributed by atoms with E-state index < -0.39 is 10.0 Å². The van der Waals surface area contributed by atoms with Crippen LogP contribution in [0.1, 0.15) is 16.7 Å².